The maximum atomic E-state index is 10.6. The topological polar surface area (TPSA) is 71.8 Å². The molecule has 4 heteroatoms. The van der Waals surface area contributed by atoms with Crippen molar-refractivity contribution >= 4 is 5.91 Å². The Labute approximate surface area is 77.6 Å². The molecule has 1 amide bonds. The van der Waals surface area contributed by atoms with E-state index in [0.29, 0.717) is 0 Å². The Bertz CT molecular complexity index is 280. The van der Waals surface area contributed by atoms with E-state index in [-0.39, 0.29) is 12.3 Å². The highest BCUT2D eigenvalue weighted by Crippen LogP contribution is 2.02. The van der Waals surface area contributed by atoms with Crippen LogP contribution in [0.2, 0.25) is 0 Å². The minimum atomic E-state index is -0.328. The molecular formula is C9H15N3O. The summed E-state index contributed by atoms with van der Waals surface area (Å²) in [6.45, 7) is 2.13. The minimum Gasteiger partial charge on any atom is -0.369 e. The maximum absolute atomic E-state index is 10.6. The number of carbonyl (C=O) groups is 1. The Morgan fingerprint density at radius 2 is 2.46 bits per heavy atom. The molecule has 0 aliphatic heterocycles. The van der Waals surface area contributed by atoms with Gasteiger partial charge >= 0.3 is 0 Å². The number of nitrogens with two attached hydrogens (primary N) is 1. The van der Waals surface area contributed by atoms with Gasteiger partial charge in [-0.15, -0.1) is 0 Å². The highest BCUT2D eigenvalue weighted by Gasteiger charge is 2.02. The van der Waals surface area contributed by atoms with Crippen LogP contribution >= 0.6 is 0 Å². The predicted molar refractivity (Wildman–Crippen MR) is 50.1 cm³/mol. The fourth-order valence-electron chi connectivity index (χ4n) is 1.15. The zero-order chi connectivity index (χ0) is 9.68. The van der Waals surface area contributed by atoms with Gasteiger partial charge in [0.15, 0.2) is 0 Å². The molecule has 13 heavy (non-hydrogen) atoms. The first-order valence-electron chi connectivity index (χ1n) is 4.53. The quantitative estimate of drug-likeness (QED) is 0.704. The van der Waals surface area contributed by atoms with Crippen LogP contribution in [0.15, 0.2) is 6.20 Å². The third-order valence-corrected chi connectivity index (χ3v) is 1.81. The molecule has 1 aromatic rings. The molecule has 0 saturated carbocycles. The van der Waals surface area contributed by atoms with E-state index in [0.717, 1.165) is 30.8 Å². The van der Waals surface area contributed by atoms with Crippen LogP contribution in [0.3, 0.4) is 0 Å². The number of carbonyl (C=O) groups excluding carboxylic acids is 1. The van der Waals surface area contributed by atoms with Crippen LogP contribution in [0.1, 0.15) is 31.3 Å². The number of imidazole rings is 1. The maximum Gasteiger partial charge on any atom is 0.223 e. The average molecular weight is 181 g/mol. The van der Waals surface area contributed by atoms with Gasteiger partial charge in [-0.2, -0.15) is 0 Å². The molecule has 0 atom stereocenters. The van der Waals surface area contributed by atoms with Crippen molar-refractivity contribution in [2.45, 2.75) is 32.6 Å². The lowest BCUT2D eigenvalue weighted by Gasteiger charge is -1.93. The largest absolute Gasteiger partial charge is 0.369 e. The third-order valence-electron chi connectivity index (χ3n) is 1.81. The molecule has 0 spiro atoms. The van der Waals surface area contributed by atoms with E-state index in [1.54, 1.807) is 6.20 Å². The highest BCUT2D eigenvalue weighted by molar-refractivity contribution is 5.75. The van der Waals surface area contributed by atoms with E-state index in [4.69, 9.17) is 5.73 Å². The Balaban J connectivity index is 2.48. The number of nitrogens with one attached hydrogen (secondary N) is 1. The summed E-state index contributed by atoms with van der Waals surface area (Å²) in [4.78, 5) is 17.8. The average Bonchev–Trinajstić information content (AvgIpc) is 2.48. The molecular weight excluding hydrogens is 166 g/mol. The number of rotatable bonds is 5. The van der Waals surface area contributed by atoms with Crippen molar-refractivity contribution in [3.05, 3.63) is 17.7 Å². The fraction of sp³-hybridized carbons (Fsp3) is 0.556. The van der Waals surface area contributed by atoms with E-state index < -0.39 is 0 Å². The molecule has 0 unspecified atom stereocenters. The molecule has 1 heterocycles. The van der Waals surface area contributed by atoms with Crippen molar-refractivity contribution in [2.24, 2.45) is 5.73 Å². The molecule has 4 nitrogen and oxygen atoms in total. The van der Waals surface area contributed by atoms with Gasteiger partial charge in [-0.05, 0) is 6.42 Å². The van der Waals surface area contributed by atoms with E-state index in [9.17, 15) is 4.79 Å². The normalized spacial score (nSPS) is 10.2. The SMILES string of the molecule is CCCCc1ncc(CC(N)=O)[nH]1. The van der Waals surface area contributed by atoms with Crippen molar-refractivity contribution in [3.8, 4) is 0 Å². The van der Waals surface area contributed by atoms with Gasteiger partial charge < -0.3 is 10.7 Å². The predicted octanol–water partition coefficient (Wildman–Crippen LogP) is 0.780. The summed E-state index contributed by atoms with van der Waals surface area (Å²) in [5.74, 6) is 0.615. The molecule has 0 saturated heterocycles. The smallest absolute Gasteiger partial charge is 0.223 e. The van der Waals surface area contributed by atoms with Crippen LogP contribution in [0, 0.1) is 0 Å². The number of hydrogen-bond donors (Lipinski definition) is 2. The van der Waals surface area contributed by atoms with Crippen LogP contribution in [0.5, 0.6) is 0 Å². The van der Waals surface area contributed by atoms with Gasteiger partial charge in [-0.25, -0.2) is 4.98 Å². The number of aromatic nitrogens is 2. The van der Waals surface area contributed by atoms with Crippen molar-refractivity contribution in [1.82, 2.24) is 9.97 Å². The molecule has 0 aliphatic carbocycles. The van der Waals surface area contributed by atoms with E-state index in [2.05, 4.69) is 16.9 Å². The molecule has 0 fully saturated rings. The van der Waals surface area contributed by atoms with Gasteiger partial charge in [0.25, 0.3) is 0 Å². The van der Waals surface area contributed by atoms with Crippen LogP contribution in [-0.4, -0.2) is 15.9 Å². The molecule has 0 aliphatic rings. The molecule has 1 aromatic heterocycles. The molecule has 0 aromatic carbocycles. The van der Waals surface area contributed by atoms with Gasteiger partial charge in [0.1, 0.15) is 5.82 Å². The first-order valence-corrected chi connectivity index (χ1v) is 4.53. The first kappa shape index (κ1) is 9.77. The van der Waals surface area contributed by atoms with Crippen LogP contribution < -0.4 is 5.73 Å². The third kappa shape index (κ3) is 3.27. The Morgan fingerprint density at radius 1 is 1.69 bits per heavy atom. The summed E-state index contributed by atoms with van der Waals surface area (Å²) in [6, 6.07) is 0. The molecule has 3 N–H and O–H groups in total. The van der Waals surface area contributed by atoms with Gasteiger partial charge in [0.05, 0.1) is 6.42 Å². The van der Waals surface area contributed by atoms with E-state index in [1.165, 1.54) is 0 Å². The van der Waals surface area contributed by atoms with Gasteiger partial charge in [0.2, 0.25) is 5.91 Å². The van der Waals surface area contributed by atoms with E-state index in [1.807, 2.05) is 0 Å². The number of aromatic amines is 1. The second-order valence-electron chi connectivity index (χ2n) is 3.10. The van der Waals surface area contributed by atoms with Gasteiger partial charge in [0, 0.05) is 18.3 Å². The Morgan fingerprint density at radius 3 is 3.08 bits per heavy atom. The number of nitrogens with zero attached hydrogens (tertiary/aromatic N) is 1. The summed E-state index contributed by atoms with van der Waals surface area (Å²) in [6.07, 6.45) is 5.12. The van der Waals surface area contributed by atoms with Crippen LogP contribution in [-0.2, 0) is 17.6 Å². The second-order valence-corrected chi connectivity index (χ2v) is 3.10. The standard InChI is InChI=1S/C9H15N3O/c1-2-3-4-9-11-6-7(12-9)5-8(10)13/h6H,2-5H2,1H3,(H2,10,13)(H,11,12). The fourth-order valence-corrected chi connectivity index (χ4v) is 1.15. The number of amides is 1. The minimum absolute atomic E-state index is 0.249. The number of primary amides is 1. The van der Waals surface area contributed by atoms with Gasteiger partial charge in [-0.3, -0.25) is 4.79 Å². The van der Waals surface area contributed by atoms with Crippen LogP contribution in [0.25, 0.3) is 0 Å². The van der Waals surface area contributed by atoms with Crippen molar-refractivity contribution < 1.29 is 4.79 Å². The monoisotopic (exact) mass is 181 g/mol. The molecule has 72 valence electrons. The summed E-state index contributed by atoms with van der Waals surface area (Å²) < 4.78 is 0. The Kier molecular flexibility index (Phi) is 3.49. The molecule has 1 rings (SSSR count). The summed E-state index contributed by atoms with van der Waals surface area (Å²) in [5.41, 5.74) is 5.85. The zero-order valence-electron chi connectivity index (χ0n) is 7.84. The lowest BCUT2D eigenvalue weighted by molar-refractivity contribution is -0.117. The highest BCUT2D eigenvalue weighted by atomic mass is 16.1. The number of H-pyrrole nitrogens is 1. The molecule has 0 radical (unpaired) electrons. The zero-order valence-corrected chi connectivity index (χ0v) is 7.84. The summed E-state index contributed by atoms with van der Waals surface area (Å²) in [5, 5.41) is 0. The van der Waals surface area contributed by atoms with Crippen molar-refractivity contribution in [3.63, 3.8) is 0 Å². The summed E-state index contributed by atoms with van der Waals surface area (Å²) >= 11 is 0. The number of unbranched alkanes of at least 4 members (excludes halogenated alkanes) is 1. The van der Waals surface area contributed by atoms with Crippen molar-refractivity contribution in [1.29, 1.82) is 0 Å². The number of hydrogen-bond acceptors (Lipinski definition) is 2. The second kappa shape index (κ2) is 4.64. The lowest BCUT2D eigenvalue weighted by atomic mass is 10.2. The Hall–Kier alpha value is -1.32. The number of aryl methyl sites for hydroxylation is 1. The van der Waals surface area contributed by atoms with E-state index >= 15 is 0 Å². The lowest BCUT2D eigenvalue weighted by Crippen LogP contribution is -2.13. The van der Waals surface area contributed by atoms with Crippen molar-refractivity contribution in [2.75, 3.05) is 0 Å². The van der Waals surface area contributed by atoms with Gasteiger partial charge in [-0.1, -0.05) is 13.3 Å². The van der Waals surface area contributed by atoms with Crippen LogP contribution in [0.4, 0.5) is 0 Å². The molecule has 0 bridgehead atoms. The summed E-state index contributed by atoms with van der Waals surface area (Å²) in [7, 11) is 0. The first-order chi connectivity index (χ1) is 6.22.